The molecule has 2 aromatic rings. The number of rotatable bonds is 11. The molecule has 0 spiro atoms. The predicted octanol–water partition coefficient (Wildman–Crippen LogP) is 5.24. The maximum atomic E-state index is 13.8. The SMILES string of the molecule is CC(CCC(C)c1ccc(OCc2ccccc2[N+](=O)[O-])c(C(F)F)c1)C(=O)ON1C(=O)CCC1=O. The number of hydrogen-bond acceptors (Lipinski definition) is 7. The molecule has 2 aromatic carbocycles. The number of nitrogens with zero attached hydrogens (tertiary/aromatic N) is 2. The van der Waals surface area contributed by atoms with Gasteiger partial charge in [0.15, 0.2) is 0 Å². The summed E-state index contributed by atoms with van der Waals surface area (Å²) >= 11 is 0. The normalized spacial score (nSPS) is 15.2. The third kappa shape index (κ3) is 6.41. The molecule has 1 fully saturated rings. The Morgan fingerprint density at radius 3 is 2.39 bits per heavy atom. The smallest absolute Gasteiger partial charge is 0.335 e. The van der Waals surface area contributed by atoms with Gasteiger partial charge in [0, 0.05) is 18.9 Å². The van der Waals surface area contributed by atoms with Crippen LogP contribution in [-0.4, -0.2) is 27.8 Å². The van der Waals surface area contributed by atoms with Crippen molar-refractivity contribution in [2.75, 3.05) is 0 Å². The van der Waals surface area contributed by atoms with E-state index in [-0.39, 0.29) is 47.9 Å². The van der Waals surface area contributed by atoms with Gasteiger partial charge in [-0.15, -0.1) is 5.06 Å². The van der Waals surface area contributed by atoms with Crippen LogP contribution in [0, 0.1) is 16.0 Å². The first kappa shape index (κ1) is 26.7. The van der Waals surface area contributed by atoms with Gasteiger partial charge in [-0.1, -0.05) is 32.0 Å². The summed E-state index contributed by atoms with van der Waals surface area (Å²) in [6, 6.07) is 10.3. The number of ether oxygens (including phenoxy) is 1. The van der Waals surface area contributed by atoms with Crippen molar-refractivity contribution < 1.29 is 37.7 Å². The second-order valence-electron chi connectivity index (χ2n) is 8.64. The van der Waals surface area contributed by atoms with Crippen LogP contribution >= 0.6 is 0 Å². The van der Waals surface area contributed by atoms with Crippen LogP contribution in [0.15, 0.2) is 42.5 Å². The lowest BCUT2D eigenvalue weighted by atomic mass is 9.91. The van der Waals surface area contributed by atoms with Gasteiger partial charge in [0.1, 0.15) is 12.4 Å². The van der Waals surface area contributed by atoms with E-state index in [9.17, 15) is 33.3 Å². The molecule has 1 aliphatic heterocycles. The lowest BCUT2D eigenvalue weighted by Crippen LogP contribution is -2.34. The zero-order chi connectivity index (χ0) is 26.4. The van der Waals surface area contributed by atoms with Gasteiger partial charge >= 0.3 is 5.97 Å². The summed E-state index contributed by atoms with van der Waals surface area (Å²) in [5.74, 6) is -2.71. The van der Waals surface area contributed by atoms with Gasteiger partial charge in [-0.25, -0.2) is 13.6 Å². The van der Waals surface area contributed by atoms with Gasteiger partial charge in [0.25, 0.3) is 23.9 Å². The largest absolute Gasteiger partial charge is 0.488 e. The number of nitro groups is 1. The second kappa shape index (κ2) is 11.7. The summed E-state index contributed by atoms with van der Waals surface area (Å²) in [7, 11) is 0. The van der Waals surface area contributed by atoms with Crippen molar-refractivity contribution in [2.24, 2.45) is 5.92 Å². The van der Waals surface area contributed by atoms with Crippen molar-refractivity contribution in [1.29, 1.82) is 0 Å². The number of nitro benzene ring substituents is 1. The molecule has 36 heavy (non-hydrogen) atoms. The Labute approximate surface area is 206 Å². The Balaban J connectivity index is 1.62. The van der Waals surface area contributed by atoms with E-state index < -0.39 is 35.1 Å². The van der Waals surface area contributed by atoms with Gasteiger partial charge in [0.2, 0.25) is 0 Å². The van der Waals surface area contributed by atoms with Crippen LogP contribution in [-0.2, 0) is 25.8 Å². The number of hydroxylamine groups is 2. The average molecular weight is 504 g/mol. The fraction of sp³-hybridized carbons (Fsp3) is 0.400. The van der Waals surface area contributed by atoms with Gasteiger partial charge in [-0.05, 0) is 42.5 Å². The minimum atomic E-state index is -2.83. The molecule has 1 saturated heterocycles. The number of carbonyl (C=O) groups is 3. The highest BCUT2D eigenvalue weighted by Gasteiger charge is 2.34. The Hall–Kier alpha value is -3.89. The monoisotopic (exact) mass is 504 g/mol. The molecule has 11 heteroatoms. The lowest BCUT2D eigenvalue weighted by molar-refractivity contribution is -0.385. The zero-order valence-electron chi connectivity index (χ0n) is 19.8. The van der Waals surface area contributed by atoms with E-state index in [1.165, 1.54) is 30.3 Å². The molecule has 1 aliphatic rings. The maximum Gasteiger partial charge on any atom is 0.335 e. The minimum absolute atomic E-state index is 0.00590. The highest BCUT2D eigenvalue weighted by atomic mass is 19.3. The summed E-state index contributed by atoms with van der Waals surface area (Å²) in [6.45, 7) is 3.18. The molecule has 9 nitrogen and oxygen atoms in total. The van der Waals surface area contributed by atoms with Crippen molar-refractivity contribution in [1.82, 2.24) is 5.06 Å². The van der Waals surface area contributed by atoms with Crippen molar-refractivity contribution in [3.05, 3.63) is 69.3 Å². The first-order chi connectivity index (χ1) is 17.1. The highest BCUT2D eigenvalue weighted by Crippen LogP contribution is 2.34. The van der Waals surface area contributed by atoms with Crippen molar-refractivity contribution in [3.8, 4) is 5.75 Å². The van der Waals surface area contributed by atoms with Crippen LogP contribution < -0.4 is 4.74 Å². The topological polar surface area (TPSA) is 116 Å². The second-order valence-corrected chi connectivity index (χ2v) is 8.64. The first-order valence-corrected chi connectivity index (χ1v) is 11.4. The minimum Gasteiger partial charge on any atom is -0.488 e. The van der Waals surface area contributed by atoms with Crippen molar-refractivity contribution in [3.63, 3.8) is 0 Å². The van der Waals surface area contributed by atoms with Gasteiger partial charge in [-0.3, -0.25) is 19.7 Å². The fourth-order valence-electron chi connectivity index (χ4n) is 3.76. The van der Waals surface area contributed by atoms with E-state index in [1.807, 2.05) is 6.92 Å². The Morgan fingerprint density at radius 2 is 1.75 bits per heavy atom. The molecule has 0 bridgehead atoms. The molecule has 2 amide bonds. The molecule has 0 saturated carbocycles. The lowest BCUT2D eigenvalue weighted by Gasteiger charge is -2.19. The number of para-hydroxylation sites is 1. The fourth-order valence-corrected chi connectivity index (χ4v) is 3.76. The third-order valence-electron chi connectivity index (χ3n) is 6.03. The number of alkyl halides is 2. The molecule has 0 N–H and O–H groups in total. The van der Waals surface area contributed by atoms with Crippen LogP contribution in [0.25, 0.3) is 0 Å². The number of benzene rings is 2. The average Bonchev–Trinajstić information content (AvgIpc) is 3.17. The molecule has 0 aliphatic carbocycles. The summed E-state index contributed by atoms with van der Waals surface area (Å²) in [5, 5.41) is 11.7. The molecule has 2 unspecified atom stereocenters. The van der Waals surface area contributed by atoms with Crippen molar-refractivity contribution in [2.45, 2.75) is 58.5 Å². The maximum absolute atomic E-state index is 13.8. The standard InChI is InChI=1S/C25H26F2N2O7/c1-15(7-8-16(2)25(32)36-28-22(30)11-12-23(28)31)17-9-10-21(19(13-17)24(26)27)35-14-18-5-3-4-6-20(18)29(33)34/h3-6,9-10,13,15-16,24H,7-8,11-12,14H2,1-2H3. The summed E-state index contributed by atoms with van der Waals surface area (Å²) in [5.41, 5.74) is 0.371. The molecule has 192 valence electrons. The molecule has 0 radical (unpaired) electrons. The number of amides is 2. The van der Waals surface area contributed by atoms with E-state index in [0.29, 0.717) is 23.5 Å². The van der Waals surface area contributed by atoms with Crippen LogP contribution in [0.4, 0.5) is 14.5 Å². The van der Waals surface area contributed by atoms with Crippen LogP contribution in [0.5, 0.6) is 5.75 Å². The Morgan fingerprint density at radius 1 is 1.08 bits per heavy atom. The van der Waals surface area contributed by atoms with Gasteiger partial charge in [-0.2, -0.15) is 0 Å². The van der Waals surface area contributed by atoms with Crippen molar-refractivity contribution >= 4 is 23.5 Å². The molecule has 2 atom stereocenters. The van der Waals surface area contributed by atoms with E-state index in [1.54, 1.807) is 19.1 Å². The first-order valence-electron chi connectivity index (χ1n) is 11.4. The van der Waals surface area contributed by atoms with Gasteiger partial charge < -0.3 is 9.57 Å². The quantitative estimate of drug-likeness (QED) is 0.233. The number of carbonyl (C=O) groups excluding carboxylic acids is 3. The molecular formula is C25H26F2N2O7. The summed E-state index contributed by atoms with van der Waals surface area (Å²) in [6.07, 6.45) is -2.02. The number of imide groups is 1. The van der Waals surface area contributed by atoms with Crippen LogP contribution in [0.2, 0.25) is 0 Å². The molecule has 0 aromatic heterocycles. The molecule has 3 rings (SSSR count). The van der Waals surface area contributed by atoms with Crippen LogP contribution in [0.3, 0.4) is 0 Å². The van der Waals surface area contributed by atoms with E-state index >= 15 is 0 Å². The summed E-state index contributed by atoms with van der Waals surface area (Å²) < 4.78 is 33.1. The van der Waals surface area contributed by atoms with Gasteiger partial charge in [0.05, 0.1) is 22.0 Å². The third-order valence-corrected chi connectivity index (χ3v) is 6.03. The number of hydrogen-bond donors (Lipinski definition) is 0. The number of halogens is 2. The Kier molecular flexibility index (Phi) is 8.68. The van der Waals surface area contributed by atoms with E-state index in [2.05, 4.69) is 0 Å². The summed E-state index contributed by atoms with van der Waals surface area (Å²) in [4.78, 5) is 51.0. The molecule has 1 heterocycles. The molecular weight excluding hydrogens is 478 g/mol. The zero-order valence-corrected chi connectivity index (χ0v) is 19.8. The predicted molar refractivity (Wildman–Crippen MR) is 123 cm³/mol. The Bertz CT molecular complexity index is 1140. The van der Waals surface area contributed by atoms with Crippen LogP contribution in [0.1, 0.15) is 68.6 Å². The van der Waals surface area contributed by atoms with E-state index in [0.717, 1.165) is 0 Å². The van der Waals surface area contributed by atoms with E-state index in [4.69, 9.17) is 9.57 Å². The highest BCUT2D eigenvalue weighted by molar-refractivity contribution is 6.01.